The second kappa shape index (κ2) is 17.6. The Kier molecular flexibility index (Phi) is 14.7. The average Bonchev–Trinajstić information content (AvgIpc) is 3.06. The summed E-state index contributed by atoms with van der Waals surface area (Å²) in [6, 6.07) is -0.309. The Labute approximate surface area is 296 Å². The normalized spacial score (nSPS) is 41.1. The van der Waals surface area contributed by atoms with Gasteiger partial charge < -0.3 is 43.6 Å². The first-order chi connectivity index (χ1) is 23.4. The number of hydrogen-bond acceptors (Lipinski definition) is 13. The van der Waals surface area contributed by atoms with Crippen LogP contribution in [0.3, 0.4) is 0 Å². The Morgan fingerprint density at radius 1 is 1.16 bits per heavy atom. The lowest BCUT2D eigenvalue weighted by molar-refractivity contribution is -0.296. The summed E-state index contributed by atoms with van der Waals surface area (Å²) in [7, 11) is 3.71. The molecule has 3 aliphatic heterocycles. The van der Waals surface area contributed by atoms with E-state index in [1.54, 1.807) is 20.8 Å². The number of Topliss-reactive ketones (excluding diaryl/α,β-unsaturated/α-hetero) is 1. The van der Waals surface area contributed by atoms with Crippen molar-refractivity contribution >= 4 is 29.1 Å². The van der Waals surface area contributed by atoms with Crippen molar-refractivity contribution < 1.29 is 53.1 Å². The lowest BCUT2D eigenvalue weighted by Crippen LogP contribution is -2.59. The number of fused-ring (bicyclic) bond motifs is 5. The zero-order chi connectivity index (χ0) is 37.6. The summed E-state index contributed by atoms with van der Waals surface area (Å²) in [6.45, 7) is 12.7. The van der Waals surface area contributed by atoms with Gasteiger partial charge in [0.25, 0.3) is 0 Å². The van der Waals surface area contributed by atoms with Crippen molar-refractivity contribution in [1.82, 2.24) is 4.90 Å². The van der Waals surface area contributed by atoms with Crippen LogP contribution in [0.5, 0.6) is 0 Å². The number of oxime groups is 1. The van der Waals surface area contributed by atoms with Gasteiger partial charge in [-0.15, -0.1) is 6.42 Å². The number of ether oxygens (including phenoxy) is 5. The number of hydrogen-bond donors (Lipinski definition) is 2. The van der Waals surface area contributed by atoms with Gasteiger partial charge in [-0.3, -0.25) is 14.4 Å². The third-order valence-corrected chi connectivity index (χ3v) is 10.1. The molecule has 0 unspecified atom stereocenters. The van der Waals surface area contributed by atoms with Crippen LogP contribution in [0.2, 0.25) is 0 Å². The predicted octanol–water partition coefficient (Wildman–Crippen LogP) is 2.31. The number of aliphatic hydroxyl groups excluding tert-OH is 1. The van der Waals surface area contributed by atoms with Crippen LogP contribution in [0.25, 0.3) is 0 Å². The van der Waals surface area contributed by atoms with Crippen molar-refractivity contribution in [1.29, 1.82) is 0 Å². The summed E-state index contributed by atoms with van der Waals surface area (Å²) in [6.07, 6.45) is 0.445. The smallest absolute Gasteiger partial charge is 0.316 e. The summed E-state index contributed by atoms with van der Waals surface area (Å²) < 4.78 is 31.7. The number of rotatable bonds is 6. The minimum absolute atomic E-state index is 0.0155. The summed E-state index contributed by atoms with van der Waals surface area (Å²) >= 11 is 0. The number of aliphatic hydroxyl groups is 2. The van der Waals surface area contributed by atoms with E-state index in [-0.39, 0.29) is 56.9 Å². The number of carbonyl (C=O) groups excluding carboxylic acids is 3. The molecule has 2 bridgehead atoms. The molecule has 2 N–H and O–H groups in total. The minimum atomic E-state index is -1.80. The first-order valence-corrected chi connectivity index (χ1v) is 17.4. The van der Waals surface area contributed by atoms with Gasteiger partial charge in [0.05, 0.1) is 37.1 Å². The Morgan fingerprint density at radius 2 is 1.84 bits per heavy atom. The molecule has 0 spiro atoms. The number of ketones is 1. The second-order valence-electron chi connectivity index (χ2n) is 14.6. The molecule has 1 amide bonds. The van der Waals surface area contributed by atoms with Gasteiger partial charge in [-0.05, 0) is 67.0 Å². The molecule has 3 aliphatic rings. The van der Waals surface area contributed by atoms with Crippen molar-refractivity contribution in [3.8, 4) is 12.3 Å². The van der Waals surface area contributed by atoms with Crippen LogP contribution in [0.15, 0.2) is 10.1 Å². The topological polar surface area (TPSA) is 175 Å². The Bertz CT molecular complexity index is 1310. The number of amides is 1. The lowest BCUT2D eigenvalue weighted by atomic mass is 9.76. The quantitative estimate of drug-likeness (QED) is 0.136. The van der Waals surface area contributed by atoms with Crippen LogP contribution >= 0.6 is 0 Å². The van der Waals surface area contributed by atoms with Crippen LogP contribution < -0.4 is 0 Å². The van der Waals surface area contributed by atoms with Crippen LogP contribution in [0, 0.1) is 30.1 Å². The molecule has 3 heterocycles. The van der Waals surface area contributed by atoms with Crippen LogP contribution in [0.1, 0.15) is 81.1 Å². The van der Waals surface area contributed by atoms with E-state index in [0.717, 1.165) is 0 Å². The standard InChI is InChI=1S/C36H57N3O11/c1-12-14-47-38-25-18-45-29-16-26(37-24(7)40)20(3)17-35(8,46-19-25)32(50-34-31(42)27(39(10)11)15-21(4)48-34)22(5)30(41)23(6)33(43)49-28(13-2)36(29,9)44/h1,20-23,27-29,31-32,34,42,44H,13-19H2,2-11H3/b37-26?,38-25-/t20-,21-,22+,23-,27+,28+,29+,31-,32-,34+,35-,36-/m1/s1. The molecule has 50 heavy (non-hydrogen) atoms. The number of nitrogens with zero attached hydrogens (tertiary/aromatic N) is 3. The van der Waals surface area contributed by atoms with Crippen molar-refractivity contribution in [2.45, 2.75) is 135 Å². The fraction of sp³-hybridized carbons (Fsp3) is 0.806. The second-order valence-corrected chi connectivity index (χ2v) is 14.6. The molecule has 0 radical (unpaired) electrons. The molecule has 282 valence electrons. The first-order valence-electron chi connectivity index (χ1n) is 17.4. The number of carbonyl (C=O) groups is 3. The van der Waals surface area contributed by atoms with Crippen LogP contribution in [-0.2, 0) is 42.9 Å². The summed E-state index contributed by atoms with van der Waals surface area (Å²) in [5, 5.41) is 27.7. The lowest BCUT2D eigenvalue weighted by Gasteiger charge is -2.47. The van der Waals surface area contributed by atoms with E-state index >= 15 is 0 Å². The Balaban J connectivity index is 2.30. The summed E-state index contributed by atoms with van der Waals surface area (Å²) in [5.74, 6) is -2.16. The molecule has 0 aromatic heterocycles. The molecule has 12 atom stereocenters. The highest BCUT2D eigenvalue weighted by atomic mass is 16.7. The van der Waals surface area contributed by atoms with Gasteiger partial charge in [0.2, 0.25) is 5.91 Å². The van der Waals surface area contributed by atoms with Gasteiger partial charge in [0, 0.05) is 31.0 Å². The SMILES string of the molecule is C#CCO/N=C1/CO[C@H]2CC(=NC(C)=O)[C@H](C)C[C@@](C)(OC1)[C@H](O[C@@H]1O[C@H](C)C[C@H](N(C)C)[C@H]1O)[C@@H](C)C(=O)[C@@H](C)C(=O)O[C@@H](CC)[C@@]2(C)O. The van der Waals surface area contributed by atoms with Crippen molar-refractivity contribution in [2.24, 2.45) is 27.9 Å². The van der Waals surface area contributed by atoms with Gasteiger partial charge in [-0.25, -0.2) is 4.99 Å². The monoisotopic (exact) mass is 707 g/mol. The molecule has 0 saturated carbocycles. The van der Waals surface area contributed by atoms with E-state index in [0.29, 0.717) is 12.1 Å². The van der Waals surface area contributed by atoms with Gasteiger partial charge >= 0.3 is 5.97 Å². The highest BCUT2D eigenvalue weighted by Crippen LogP contribution is 2.39. The number of esters is 1. The molecule has 0 aromatic rings. The van der Waals surface area contributed by atoms with E-state index in [1.807, 2.05) is 32.8 Å². The highest BCUT2D eigenvalue weighted by molar-refractivity contribution is 6.00. The molecule has 14 nitrogen and oxygen atoms in total. The maximum absolute atomic E-state index is 14.3. The predicted molar refractivity (Wildman–Crippen MR) is 184 cm³/mol. The third kappa shape index (κ3) is 9.97. The fourth-order valence-electron chi connectivity index (χ4n) is 7.18. The maximum Gasteiger partial charge on any atom is 0.316 e. The minimum Gasteiger partial charge on any atom is -0.459 e. The van der Waals surface area contributed by atoms with Crippen LogP contribution in [-0.4, -0.2) is 132 Å². The van der Waals surface area contributed by atoms with E-state index in [4.69, 9.17) is 34.9 Å². The molecule has 3 saturated heterocycles. The molecule has 3 rings (SSSR count). The Morgan fingerprint density at radius 3 is 2.44 bits per heavy atom. The van der Waals surface area contributed by atoms with Gasteiger partial charge in [0.1, 0.15) is 29.4 Å². The number of terminal acetylenes is 1. The largest absolute Gasteiger partial charge is 0.459 e. The van der Waals surface area contributed by atoms with Crippen molar-refractivity contribution in [2.75, 3.05) is 33.9 Å². The number of cyclic esters (lactones) is 1. The van der Waals surface area contributed by atoms with Gasteiger partial charge in [-0.2, -0.15) is 0 Å². The fourth-order valence-corrected chi connectivity index (χ4v) is 7.18. The molecule has 0 aromatic carbocycles. The van der Waals surface area contributed by atoms with Crippen molar-refractivity contribution in [3.63, 3.8) is 0 Å². The van der Waals surface area contributed by atoms with Crippen molar-refractivity contribution in [3.05, 3.63) is 0 Å². The number of aliphatic imine (C=N–C) groups is 1. The van der Waals surface area contributed by atoms with E-state index in [9.17, 15) is 24.6 Å². The zero-order valence-corrected chi connectivity index (χ0v) is 31.2. The zero-order valence-electron chi connectivity index (χ0n) is 31.2. The summed E-state index contributed by atoms with van der Waals surface area (Å²) in [5.41, 5.74) is -2.49. The average molecular weight is 708 g/mol. The molecular weight excluding hydrogens is 650 g/mol. The van der Waals surface area contributed by atoms with Crippen LogP contribution in [0.4, 0.5) is 0 Å². The molecule has 0 aliphatic carbocycles. The Hall–Kier alpha value is -2.77. The van der Waals surface area contributed by atoms with E-state index < -0.39 is 77.3 Å². The summed E-state index contributed by atoms with van der Waals surface area (Å²) in [4.78, 5) is 51.9. The molecular formula is C36H57N3O11. The maximum atomic E-state index is 14.3. The van der Waals surface area contributed by atoms with E-state index in [1.165, 1.54) is 20.8 Å². The molecule has 14 heteroatoms. The van der Waals surface area contributed by atoms with Gasteiger partial charge in [0.15, 0.2) is 18.7 Å². The first kappa shape index (κ1) is 41.6. The third-order valence-electron chi connectivity index (χ3n) is 10.1. The number of likely N-dealkylation sites (N-methyl/N-ethyl adjacent to an activating group) is 1. The molecule has 3 fully saturated rings. The highest BCUT2D eigenvalue weighted by Gasteiger charge is 2.51. The van der Waals surface area contributed by atoms with Gasteiger partial charge in [-0.1, -0.05) is 31.8 Å². The van der Waals surface area contributed by atoms with E-state index in [2.05, 4.69) is 16.1 Å².